The molecule has 7 nitrogen and oxygen atoms in total. The number of carbonyl (C=O) groups excluding carboxylic acids is 2. The Morgan fingerprint density at radius 3 is 2.11 bits per heavy atom. The fraction of sp³-hybridized carbons (Fsp3) is 0.333. The molecule has 0 radical (unpaired) electrons. The summed E-state index contributed by atoms with van der Waals surface area (Å²) in [6, 6.07) is 21.8. The average Bonchev–Trinajstić information content (AvgIpc) is 2.92. The number of nitrogens with one attached hydrogen (secondary N) is 1. The number of methoxy groups -OCH3 is 2. The molecule has 3 aromatic carbocycles. The first-order valence-electron chi connectivity index (χ1n) is 12.5. The summed E-state index contributed by atoms with van der Waals surface area (Å²) in [5.74, 6) is 1.29. The van der Waals surface area contributed by atoms with Crippen molar-refractivity contribution in [3.8, 4) is 17.2 Å². The zero-order valence-electron chi connectivity index (χ0n) is 22.3. The lowest BCUT2D eigenvalue weighted by Crippen LogP contribution is -2.52. The van der Waals surface area contributed by atoms with E-state index >= 15 is 0 Å². The molecule has 0 fully saturated rings. The zero-order chi connectivity index (χ0) is 27.5. The van der Waals surface area contributed by atoms with E-state index in [-0.39, 0.29) is 30.9 Å². The minimum absolute atomic E-state index is 0.200. The number of hydrogen-bond donors (Lipinski definition) is 1. The van der Waals surface area contributed by atoms with Crippen LogP contribution in [0.3, 0.4) is 0 Å². The molecule has 1 atom stereocenters. The molecule has 0 heterocycles. The van der Waals surface area contributed by atoms with E-state index in [0.29, 0.717) is 30.2 Å². The molecule has 2 amide bonds. The highest BCUT2D eigenvalue weighted by Crippen LogP contribution is 2.27. The molecule has 0 aliphatic carbocycles. The standard InChI is InChI=1S/C30H35BrN2O5/c1-21(2)18-32-30(35)28(14-22-9-6-5-7-10-22)33(19-23-11-8-12-24(31)13-23)29(34)20-38-27-16-25(36-3)15-26(17-27)37-4/h5-13,15-17,21,28H,14,18-20H2,1-4H3,(H,32,35)/t28-/m0/s1. The molecule has 1 N–H and O–H groups in total. The van der Waals surface area contributed by atoms with Gasteiger partial charge in [0.1, 0.15) is 23.3 Å². The molecule has 0 aliphatic rings. The maximum atomic E-state index is 13.7. The molecular formula is C30H35BrN2O5. The molecule has 38 heavy (non-hydrogen) atoms. The molecule has 0 saturated heterocycles. The Balaban J connectivity index is 1.91. The summed E-state index contributed by atoms with van der Waals surface area (Å²) in [6.45, 7) is 4.58. The number of carbonyl (C=O) groups is 2. The zero-order valence-corrected chi connectivity index (χ0v) is 23.9. The maximum Gasteiger partial charge on any atom is 0.261 e. The number of benzene rings is 3. The van der Waals surface area contributed by atoms with E-state index in [1.807, 2.05) is 68.4 Å². The topological polar surface area (TPSA) is 77.1 Å². The Hall–Kier alpha value is -3.52. The van der Waals surface area contributed by atoms with Crippen molar-refractivity contribution in [3.05, 3.63) is 88.4 Å². The third-order valence-corrected chi connectivity index (χ3v) is 6.38. The lowest BCUT2D eigenvalue weighted by molar-refractivity contribution is -0.142. The Kier molecular flexibility index (Phi) is 11.0. The molecular weight excluding hydrogens is 548 g/mol. The van der Waals surface area contributed by atoms with Gasteiger partial charge < -0.3 is 24.4 Å². The summed E-state index contributed by atoms with van der Waals surface area (Å²) >= 11 is 3.51. The van der Waals surface area contributed by atoms with Crippen molar-refractivity contribution in [1.29, 1.82) is 0 Å². The van der Waals surface area contributed by atoms with Gasteiger partial charge in [-0.3, -0.25) is 9.59 Å². The van der Waals surface area contributed by atoms with Crippen LogP contribution < -0.4 is 19.5 Å². The highest BCUT2D eigenvalue weighted by molar-refractivity contribution is 9.10. The van der Waals surface area contributed by atoms with Gasteiger partial charge in [0.15, 0.2) is 6.61 Å². The normalized spacial score (nSPS) is 11.5. The fourth-order valence-electron chi connectivity index (χ4n) is 3.90. The molecule has 0 spiro atoms. The smallest absolute Gasteiger partial charge is 0.261 e. The first-order chi connectivity index (χ1) is 18.3. The van der Waals surface area contributed by atoms with Crippen LogP contribution in [0, 0.1) is 5.92 Å². The highest BCUT2D eigenvalue weighted by Gasteiger charge is 2.31. The lowest BCUT2D eigenvalue weighted by atomic mass is 10.0. The summed E-state index contributed by atoms with van der Waals surface area (Å²) in [7, 11) is 3.10. The summed E-state index contributed by atoms with van der Waals surface area (Å²) in [5, 5.41) is 3.02. The second kappa shape index (κ2) is 14.4. The molecule has 0 saturated carbocycles. The van der Waals surface area contributed by atoms with Gasteiger partial charge in [-0.15, -0.1) is 0 Å². The average molecular weight is 584 g/mol. The molecule has 0 unspecified atom stereocenters. The van der Waals surface area contributed by atoms with Crippen LogP contribution in [-0.4, -0.2) is 50.1 Å². The van der Waals surface area contributed by atoms with E-state index in [1.165, 1.54) is 0 Å². The van der Waals surface area contributed by atoms with E-state index in [0.717, 1.165) is 15.6 Å². The summed E-state index contributed by atoms with van der Waals surface area (Å²) < 4.78 is 17.4. The van der Waals surface area contributed by atoms with E-state index in [1.54, 1.807) is 37.3 Å². The summed E-state index contributed by atoms with van der Waals surface area (Å²) in [5.41, 5.74) is 1.85. The third kappa shape index (κ3) is 8.80. The Bertz CT molecular complexity index is 1180. The van der Waals surface area contributed by atoms with Gasteiger partial charge in [0.25, 0.3) is 5.91 Å². The first kappa shape index (κ1) is 29.0. The number of ether oxygens (including phenoxy) is 3. The number of halogens is 1. The van der Waals surface area contributed by atoms with Gasteiger partial charge in [-0.05, 0) is 29.2 Å². The van der Waals surface area contributed by atoms with E-state index < -0.39 is 6.04 Å². The van der Waals surface area contributed by atoms with Crippen molar-refractivity contribution in [1.82, 2.24) is 10.2 Å². The SMILES string of the molecule is COc1cc(OC)cc(OCC(=O)N(Cc2cccc(Br)c2)[C@@H](Cc2ccccc2)C(=O)NCC(C)C)c1. The van der Waals surface area contributed by atoms with Gasteiger partial charge in [-0.25, -0.2) is 0 Å². The number of amides is 2. The van der Waals surface area contributed by atoms with Gasteiger partial charge in [0, 0.05) is 42.2 Å². The van der Waals surface area contributed by atoms with Crippen molar-refractivity contribution in [2.24, 2.45) is 5.92 Å². The Morgan fingerprint density at radius 2 is 1.50 bits per heavy atom. The quantitative estimate of drug-likeness (QED) is 0.297. The Labute approximate surface area is 233 Å². The van der Waals surface area contributed by atoms with Crippen LogP contribution in [0.25, 0.3) is 0 Å². The second-order valence-corrected chi connectivity index (χ2v) is 10.2. The number of nitrogens with zero attached hydrogens (tertiary/aromatic N) is 1. The molecule has 0 aliphatic heterocycles. The number of hydrogen-bond acceptors (Lipinski definition) is 5. The summed E-state index contributed by atoms with van der Waals surface area (Å²) in [6.07, 6.45) is 0.373. The molecule has 3 aromatic rings. The predicted molar refractivity (Wildman–Crippen MR) is 152 cm³/mol. The van der Waals surface area contributed by atoms with Gasteiger partial charge in [0.2, 0.25) is 5.91 Å². The van der Waals surface area contributed by atoms with Gasteiger partial charge in [-0.2, -0.15) is 0 Å². The maximum absolute atomic E-state index is 13.7. The van der Waals surface area contributed by atoms with Crippen LogP contribution in [-0.2, 0) is 22.6 Å². The van der Waals surface area contributed by atoms with Crippen molar-refractivity contribution in [2.75, 3.05) is 27.4 Å². The van der Waals surface area contributed by atoms with E-state index in [2.05, 4.69) is 21.2 Å². The molecule has 3 rings (SSSR count). The Morgan fingerprint density at radius 1 is 0.868 bits per heavy atom. The minimum Gasteiger partial charge on any atom is -0.496 e. The van der Waals surface area contributed by atoms with Gasteiger partial charge in [0.05, 0.1) is 14.2 Å². The lowest BCUT2D eigenvalue weighted by Gasteiger charge is -2.31. The summed E-state index contributed by atoms with van der Waals surface area (Å²) in [4.78, 5) is 28.8. The third-order valence-electron chi connectivity index (χ3n) is 5.88. The first-order valence-corrected chi connectivity index (χ1v) is 13.3. The monoisotopic (exact) mass is 582 g/mol. The van der Waals surface area contributed by atoms with Crippen molar-refractivity contribution >= 4 is 27.7 Å². The van der Waals surface area contributed by atoms with Crippen LogP contribution in [0.2, 0.25) is 0 Å². The van der Waals surface area contributed by atoms with Gasteiger partial charge >= 0.3 is 0 Å². The molecule has 0 bridgehead atoms. The second-order valence-electron chi connectivity index (χ2n) is 9.33. The van der Waals surface area contributed by atoms with Crippen molar-refractivity contribution in [2.45, 2.75) is 32.9 Å². The fourth-order valence-corrected chi connectivity index (χ4v) is 4.35. The van der Waals surface area contributed by atoms with Gasteiger partial charge in [-0.1, -0.05) is 72.2 Å². The van der Waals surface area contributed by atoms with Crippen LogP contribution in [0.4, 0.5) is 0 Å². The van der Waals surface area contributed by atoms with Crippen LogP contribution in [0.15, 0.2) is 77.3 Å². The minimum atomic E-state index is -0.730. The number of rotatable bonds is 13. The molecule has 8 heteroatoms. The van der Waals surface area contributed by atoms with Crippen LogP contribution in [0.5, 0.6) is 17.2 Å². The van der Waals surface area contributed by atoms with Crippen LogP contribution >= 0.6 is 15.9 Å². The van der Waals surface area contributed by atoms with E-state index in [4.69, 9.17) is 14.2 Å². The highest BCUT2D eigenvalue weighted by atomic mass is 79.9. The van der Waals surface area contributed by atoms with E-state index in [9.17, 15) is 9.59 Å². The predicted octanol–water partition coefficient (Wildman–Crippen LogP) is 5.26. The van der Waals surface area contributed by atoms with Crippen molar-refractivity contribution < 1.29 is 23.8 Å². The largest absolute Gasteiger partial charge is 0.496 e. The molecule has 202 valence electrons. The van der Waals surface area contributed by atoms with Crippen LogP contribution in [0.1, 0.15) is 25.0 Å². The van der Waals surface area contributed by atoms with Crippen molar-refractivity contribution in [3.63, 3.8) is 0 Å². The molecule has 0 aromatic heterocycles.